The Hall–Kier alpha value is -2.44. The fourth-order valence-electron chi connectivity index (χ4n) is 2.90. The molecule has 0 radical (unpaired) electrons. The van der Waals surface area contributed by atoms with Crippen LogP contribution in [0.3, 0.4) is 0 Å². The lowest BCUT2D eigenvalue weighted by molar-refractivity contribution is -0.139. The van der Waals surface area contributed by atoms with Crippen molar-refractivity contribution in [1.82, 2.24) is 0 Å². The molecule has 0 bridgehead atoms. The van der Waals surface area contributed by atoms with Crippen LogP contribution in [0.5, 0.6) is 5.75 Å². The van der Waals surface area contributed by atoms with E-state index in [1.165, 1.54) is 6.07 Å². The highest BCUT2D eigenvalue weighted by Gasteiger charge is 2.40. The average Bonchev–Trinajstić information content (AvgIpc) is 2.53. The van der Waals surface area contributed by atoms with Gasteiger partial charge in [0.25, 0.3) is 0 Å². The highest BCUT2D eigenvalue weighted by molar-refractivity contribution is 6.36. The molecule has 6 nitrogen and oxygen atoms in total. The number of esters is 1. The molecular formula is C18H15Cl2NO5. The van der Waals surface area contributed by atoms with Gasteiger partial charge in [-0.05, 0) is 26.0 Å². The molecule has 1 aliphatic rings. The Labute approximate surface area is 159 Å². The summed E-state index contributed by atoms with van der Waals surface area (Å²) < 4.78 is 15.8. The topological polar surface area (TPSA) is 91.8 Å². The van der Waals surface area contributed by atoms with Gasteiger partial charge in [-0.3, -0.25) is 0 Å². The summed E-state index contributed by atoms with van der Waals surface area (Å²) in [6.07, 6.45) is 0. The van der Waals surface area contributed by atoms with Crippen LogP contribution < -0.4 is 16.1 Å². The Bertz CT molecular complexity index is 960. The smallest absolute Gasteiger partial charge is 0.343 e. The number of hydrogen-bond acceptors (Lipinski definition) is 6. The lowest BCUT2D eigenvalue weighted by Crippen LogP contribution is -2.31. The molecule has 1 aliphatic heterocycles. The quantitative estimate of drug-likeness (QED) is 0.799. The van der Waals surface area contributed by atoms with E-state index >= 15 is 0 Å². The number of ether oxygens (including phenoxy) is 2. The Morgan fingerprint density at radius 1 is 1.27 bits per heavy atom. The summed E-state index contributed by atoms with van der Waals surface area (Å²) in [5.41, 5.74) is 5.70. The number of carbonyl (C=O) groups is 1. The molecule has 2 N–H and O–H groups in total. The van der Waals surface area contributed by atoms with Crippen LogP contribution in [0.15, 0.2) is 44.9 Å². The fraction of sp³-hybridized carbons (Fsp3) is 0.222. The van der Waals surface area contributed by atoms with Crippen LogP contribution in [0.1, 0.15) is 29.7 Å². The number of nitrogens with two attached hydrogens (primary N) is 1. The van der Waals surface area contributed by atoms with Crippen LogP contribution in [-0.2, 0) is 9.53 Å². The Morgan fingerprint density at radius 3 is 2.54 bits per heavy atom. The zero-order valence-electron chi connectivity index (χ0n) is 14.0. The van der Waals surface area contributed by atoms with E-state index in [0.717, 1.165) is 0 Å². The van der Waals surface area contributed by atoms with Crippen LogP contribution in [-0.4, -0.2) is 12.6 Å². The van der Waals surface area contributed by atoms with Gasteiger partial charge in [0, 0.05) is 21.7 Å². The molecule has 0 unspecified atom stereocenters. The molecular weight excluding hydrogens is 381 g/mol. The summed E-state index contributed by atoms with van der Waals surface area (Å²) in [6, 6.07) is 6.38. The molecule has 26 heavy (non-hydrogen) atoms. The van der Waals surface area contributed by atoms with Gasteiger partial charge in [-0.25, -0.2) is 9.59 Å². The SMILES string of the molecule is CCOC(=O)C1=C(N)Oc2cc(C)oc(=O)c2[C@@H]1c1c(Cl)cccc1Cl. The zero-order valence-corrected chi connectivity index (χ0v) is 15.5. The van der Waals surface area contributed by atoms with Crippen molar-refractivity contribution in [3.63, 3.8) is 0 Å². The highest BCUT2D eigenvalue weighted by Crippen LogP contribution is 2.45. The van der Waals surface area contributed by atoms with Crippen molar-refractivity contribution in [2.24, 2.45) is 5.73 Å². The van der Waals surface area contributed by atoms with Gasteiger partial charge in [-0.1, -0.05) is 29.3 Å². The predicted molar refractivity (Wildman–Crippen MR) is 96.5 cm³/mol. The second kappa shape index (κ2) is 7.05. The third-order valence-corrected chi connectivity index (χ3v) is 4.58. The van der Waals surface area contributed by atoms with Gasteiger partial charge >= 0.3 is 11.6 Å². The first kappa shape index (κ1) is 18.4. The minimum absolute atomic E-state index is 0.0505. The van der Waals surface area contributed by atoms with Crippen molar-refractivity contribution in [2.75, 3.05) is 6.61 Å². The summed E-state index contributed by atoms with van der Waals surface area (Å²) in [6.45, 7) is 3.37. The van der Waals surface area contributed by atoms with Gasteiger partial charge < -0.3 is 19.6 Å². The van der Waals surface area contributed by atoms with Crippen molar-refractivity contribution in [1.29, 1.82) is 0 Å². The van der Waals surface area contributed by atoms with Crippen LogP contribution in [0.4, 0.5) is 0 Å². The lowest BCUT2D eigenvalue weighted by Gasteiger charge is -2.28. The predicted octanol–water partition coefficient (Wildman–Crippen LogP) is 3.51. The monoisotopic (exact) mass is 395 g/mol. The van der Waals surface area contributed by atoms with Gasteiger partial charge in [0.1, 0.15) is 17.1 Å². The summed E-state index contributed by atoms with van der Waals surface area (Å²) in [7, 11) is 0. The summed E-state index contributed by atoms with van der Waals surface area (Å²) in [4.78, 5) is 25.1. The Morgan fingerprint density at radius 2 is 1.92 bits per heavy atom. The minimum Gasteiger partial charge on any atom is -0.462 e. The van der Waals surface area contributed by atoms with E-state index in [4.69, 9.17) is 42.8 Å². The van der Waals surface area contributed by atoms with Crippen molar-refractivity contribution in [3.8, 4) is 5.75 Å². The molecule has 2 aromatic rings. The molecule has 1 atom stereocenters. The maximum Gasteiger partial charge on any atom is 0.343 e. The summed E-state index contributed by atoms with van der Waals surface area (Å²) >= 11 is 12.7. The number of benzene rings is 1. The van der Waals surface area contributed by atoms with Gasteiger partial charge in [-0.2, -0.15) is 0 Å². The number of carbonyl (C=O) groups excluding carboxylic acids is 1. The molecule has 0 aliphatic carbocycles. The number of halogens is 2. The molecule has 0 saturated carbocycles. The van der Waals surface area contributed by atoms with E-state index < -0.39 is 17.5 Å². The molecule has 3 rings (SSSR count). The second-order valence-corrected chi connectivity index (χ2v) is 6.41. The van der Waals surface area contributed by atoms with Crippen LogP contribution >= 0.6 is 23.2 Å². The minimum atomic E-state index is -0.976. The fourth-order valence-corrected chi connectivity index (χ4v) is 3.52. The van der Waals surface area contributed by atoms with E-state index in [-0.39, 0.29) is 39.4 Å². The molecule has 1 aromatic heterocycles. The maximum atomic E-state index is 12.6. The van der Waals surface area contributed by atoms with Crippen molar-refractivity contribution >= 4 is 29.2 Å². The van der Waals surface area contributed by atoms with Crippen molar-refractivity contribution < 1.29 is 18.7 Å². The van der Waals surface area contributed by atoms with Crippen LogP contribution in [0.2, 0.25) is 10.0 Å². The van der Waals surface area contributed by atoms with E-state index in [0.29, 0.717) is 11.3 Å². The first-order valence-corrected chi connectivity index (χ1v) is 8.53. The number of aryl methyl sites for hydroxylation is 1. The standard InChI is InChI=1S/C18H15Cl2NO5/c1-3-24-17(22)15-14(12-9(19)5-4-6-10(12)20)13-11(26-16(15)21)7-8(2)25-18(13)23/h4-7,14H,3,21H2,1-2H3/t14-/m0/s1. The molecule has 0 fully saturated rings. The van der Waals surface area contributed by atoms with E-state index in [1.807, 2.05) is 0 Å². The largest absolute Gasteiger partial charge is 0.462 e. The Balaban J connectivity index is 2.35. The van der Waals surface area contributed by atoms with Crippen LogP contribution in [0.25, 0.3) is 0 Å². The average molecular weight is 396 g/mol. The molecule has 0 saturated heterocycles. The van der Waals surface area contributed by atoms with Gasteiger partial charge in [0.2, 0.25) is 5.88 Å². The molecule has 2 heterocycles. The van der Waals surface area contributed by atoms with E-state index in [1.54, 1.807) is 32.0 Å². The molecule has 8 heteroatoms. The molecule has 0 spiro atoms. The number of rotatable bonds is 3. The Kier molecular flexibility index (Phi) is 4.98. The summed E-state index contributed by atoms with van der Waals surface area (Å²) in [5, 5.41) is 0.537. The third-order valence-electron chi connectivity index (χ3n) is 3.92. The van der Waals surface area contributed by atoms with E-state index in [9.17, 15) is 9.59 Å². The number of hydrogen-bond donors (Lipinski definition) is 1. The first-order valence-electron chi connectivity index (χ1n) is 7.78. The zero-order chi connectivity index (χ0) is 19.0. The van der Waals surface area contributed by atoms with Crippen LogP contribution in [0, 0.1) is 6.92 Å². The summed E-state index contributed by atoms with van der Waals surface area (Å²) in [5.74, 6) is -1.36. The van der Waals surface area contributed by atoms with Gasteiger partial charge in [0.15, 0.2) is 0 Å². The van der Waals surface area contributed by atoms with Gasteiger partial charge in [0.05, 0.1) is 18.1 Å². The maximum absolute atomic E-state index is 12.6. The number of fused-ring (bicyclic) bond motifs is 1. The first-order chi connectivity index (χ1) is 12.3. The van der Waals surface area contributed by atoms with Gasteiger partial charge in [-0.15, -0.1) is 0 Å². The van der Waals surface area contributed by atoms with E-state index in [2.05, 4.69) is 0 Å². The highest BCUT2D eigenvalue weighted by atomic mass is 35.5. The van der Waals surface area contributed by atoms with Crippen molar-refractivity contribution in [2.45, 2.75) is 19.8 Å². The molecule has 136 valence electrons. The third kappa shape index (κ3) is 3.06. The molecule has 1 aromatic carbocycles. The lowest BCUT2D eigenvalue weighted by atomic mass is 9.83. The van der Waals surface area contributed by atoms with Crippen molar-refractivity contribution in [3.05, 3.63) is 73.1 Å². The molecule has 0 amide bonds. The second-order valence-electron chi connectivity index (χ2n) is 5.59. The normalized spacial score (nSPS) is 16.1.